The van der Waals surface area contributed by atoms with E-state index in [-0.39, 0.29) is 0 Å². The predicted octanol–water partition coefficient (Wildman–Crippen LogP) is 2.52. The quantitative estimate of drug-likeness (QED) is 0.486. The summed E-state index contributed by atoms with van der Waals surface area (Å²) in [4.78, 5) is 2.46. The maximum Gasteiger partial charge on any atom is 0.0411 e. The molecule has 11 heavy (non-hydrogen) atoms. The van der Waals surface area contributed by atoms with Crippen LogP contribution in [-0.4, -0.2) is 23.0 Å². The first kappa shape index (κ1) is 9.05. The molecule has 1 heterocycles. The Morgan fingerprint density at radius 2 is 1.27 bits per heavy atom. The molecule has 0 spiro atoms. The van der Waals surface area contributed by atoms with Crippen LogP contribution in [0, 0.1) is 5.41 Å². The van der Waals surface area contributed by atoms with Crippen molar-refractivity contribution in [2.24, 2.45) is 5.41 Å². The highest BCUT2D eigenvalue weighted by Gasteiger charge is 2.68. The molecule has 0 aliphatic carbocycles. The maximum atomic E-state index is 2.46. The Morgan fingerprint density at radius 3 is 1.27 bits per heavy atom. The van der Waals surface area contributed by atoms with Crippen LogP contribution < -0.4 is 0 Å². The van der Waals surface area contributed by atoms with Crippen LogP contribution in [0.2, 0.25) is 0 Å². The number of rotatable bonds is 0. The molecule has 0 N–H and O–H groups in total. The number of likely N-dealkylation sites (N-methyl/N-ethyl adjacent to an activating group) is 1. The van der Waals surface area contributed by atoms with E-state index in [1.807, 2.05) is 0 Å². The average molecular weight is 155 g/mol. The van der Waals surface area contributed by atoms with Gasteiger partial charge in [0, 0.05) is 11.1 Å². The van der Waals surface area contributed by atoms with E-state index in [9.17, 15) is 0 Å². The summed E-state index contributed by atoms with van der Waals surface area (Å²) in [6.45, 7) is 13.9. The summed E-state index contributed by atoms with van der Waals surface area (Å²) in [5.74, 6) is 0. The second kappa shape index (κ2) is 1.82. The second-order valence-electron chi connectivity index (χ2n) is 5.44. The summed E-state index contributed by atoms with van der Waals surface area (Å²) in [6.07, 6.45) is 0. The zero-order valence-corrected chi connectivity index (χ0v) is 8.95. The minimum absolute atomic E-state index is 0.375. The Morgan fingerprint density at radius 1 is 1.00 bits per heavy atom. The van der Waals surface area contributed by atoms with E-state index in [4.69, 9.17) is 0 Å². The third-order valence-electron chi connectivity index (χ3n) is 4.11. The fourth-order valence-corrected chi connectivity index (χ4v) is 2.39. The molecular weight excluding hydrogens is 134 g/mol. The van der Waals surface area contributed by atoms with Crippen LogP contribution >= 0.6 is 0 Å². The third kappa shape index (κ3) is 0.807. The topological polar surface area (TPSA) is 3.01 Å². The lowest BCUT2D eigenvalue weighted by Gasteiger charge is -2.29. The van der Waals surface area contributed by atoms with E-state index in [0.717, 1.165) is 0 Å². The minimum Gasteiger partial charge on any atom is -0.292 e. The van der Waals surface area contributed by atoms with E-state index < -0.39 is 0 Å². The van der Waals surface area contributed by atoms with Crippen LogP contribution in [0.1, 0.15) is 41.5 Å². The van der Waals surface area contributed by atoms with Gasteiger partial charge in [-0.25, -0.2) is 0 Å². The standard InChI is InChI=1S/C10H21N/c1-8(2,3)10(6)9(4,5)11(10)7/h1-7H3. The predicted molar refractivity (Wildman–Crippen MR) is 49.7 cm³/mol. The largest absolute Gasteiger partial charge is 0.292 e. The van der Waals surface area contributed by atoms with E-state index in [0.29, 0.717) is 16.5 Å². The van der Waals surface area contributed by atoms with Crippen molar-refractivity contribution in [1.29, 1.82) is 0 Å². The Kier molecular flexibility index (Phi) is 1.50. The smallest absolute Gasteiger partial charge is 0.0411 e. The summed E-state index contributed by atoms with van der Waals surface area (Å²) in [7, 11) is 2.21. The van der Waals surface area contributed by atoms with Gasteiger partial charge in [0.15, 0.2) is 0 Å². The minimum atomic E-state index is 0.375. The zero-order valence-electron chi connectivity index (χ0n) is 8.95. The fourth-order valence-electron chi connectivity index (χ4n) is 2.39. The first-order valence-electron chi connectivity index (χ1n) is 4.39. The van der Waals surface area contributed by atoms with Crippen molar-refractivity contribution in [3.05, 3.63) is 0 Å². The zero-order chi connectivity index (χ0) is 9.08. The number of hydrogen-bond donors (Lipinski definition) is 0. The van der Waals surface area contributed by atoms with Crippen molar-refractivity contribution in [2.75, 3.05) is 7.05 Å². The van der Waals surface area contributed by atoms with Gasteiger partial charge < -0.3 is 0 Å². The molecular formula is C10H21N. The molecule has 0 radical (unpaired) electrons. The molecule has 0 aromatic rings. The van der Waals surface area contributed by atoms with Crippen molar-refractivity contribution in [3.8, 4) is 0 Å². The highest BCUT2D eigenvalue weighted by molar-refractivity contribution is 5.25. The fraction of sp³-hybridized carbons (Fsp3) is 1.00. The molecule has 2 unspecified atom stereocenters. The first-order valence-corrected chi connectivity index (χ1v) is 4.39. The molecule has 1 heteroatoms. The molecule has 1 fully saturated rings. The van der Waals surface area contributed by atoms with Gasteiger partial charge in [-0.2, -0.15) is 0 Å². The van der Waals surface area contributed by atoms with E-state index >= 15 is 0 Å². The van der Waals surface area contributed by atoms with Gasteiger partial charge in [-0.05, 0) is 33.2 Å². The summed E-state index contributed by atoms with van der Waals surface area (Å²) >= 11 is 0. The molecule has 0 aromatic heterocycles. The lowest BCUT2D eigenvalue weighted by Crippen LogP contribution is -2.33. The van der Waals surface area contributed by atoms with Crippen LogP contribution in [0.15, 0.2) is 0 Å². The maximum absolute atomic E-state index is 2.46. The molecule has 2 atom stereocenters. The highest BCUT2D eigenvalue weighted by atomic mass is 15.4. The molecule has 66 valence electrons. The van der Waals surface area contributed by atoms with E-state index in [1.165, 1.54) is 0 Å². The first-order chi connectivity index (χ1) is 4.65. The van der Waals surface area contributed by atoms with Gasteiger partial charge in [-0.15, -0.1) is 0 Å². The molecule has 1 nitrogen and oxygen atoms in total. The Labute approximate surface area is 70.8 Å². The van der Waals surface area contributed by atoms with Gasteiger partial charge in [0.25, 0.3) is 0 Å². The van der Waals surface area contributed by atoms with E-state index in [2.05, 4.69) is 53.5 Å². The summed E-state index contributed by atoms with van der Waals surface area (Å²) < 4.78 is 0. The molecule has 1 rings (SSSR count). The van der Waals surface area contributed by atoms with Gasteiger partial charge in [0.1, 0.15) is 0 Å². The van der Waals surface area contributed by atoms with Crippen LogP contribution in [0.5, 0.6) is 0 Å². The average Bonchev–Trinajstić information content (AvgIpc) is 2.14. The van der Waals surface area contributed by atoms with Gasteiger partial charge in [0.05, 0.1) is 0 Å². The van der Waals surface area contributed by atoms with Crippen LogP contribution in [0.3, 0.4) is 0 Å². The van der Waals surface area contributed by atoms with Crippen LogP contribution in [0.25, 0.3) is 0 Å². The van der Waals surface area contributed by atoms with E-state index in [1.54, 1.807) is 0 Å². The summed E-state index contributed by atoms with van der Waals surface area (Å²) in [5.41, 5.74) is 1.14. The molecule has 1 saturated heterocycles. The van der Waals surface area contributed by atoms with Crippen molar-refractivity contribution in [2.45, 2.75) is 52.6 Å². The van der Waals surface area contributed by atoms with Gasteiger partial charge in [0.2, 0.25) is 0 Å². The molecule has 1 aliphatic rings. The summed E-state index contributed by atoms with van der Waals surface area (Å²) in [6, 6.07) is 0. The molecule has 1 aliphatic heterocycles. The Balaban J connectivity index is 2.92. The monoisotopic (exact) mass is 155 g/mol. The molecule has 0 bridgehead atoms. The van der Waals surface area contributed by atoms with Gasteiger partial charge in [-0.3, -0.25) is 4.90 Å². The lowest BCUT2D eigenvalue weighted by atomic mass is 9.75. The molecule has 0 amide bonds. The molecule has 0 saturated carbocycles. The Hall–Kier alpha value is -0.0400. The van der Waals surface area contributed by atoms with Crippen molar-refractivity contribution < 1.29 is 0 Å². The van der Waals surface area contributed by atoms with Crippen molar-refractivity contribution in [3.63, 3.8) is 0 Å². The lowest BCUT2D eigenvalue weighted by molar-refractivity contribution is 0.248. The van der Waals surface area contributed by atoms with Gasteiger partial charge in [-0.1, -0.05) is 20.8 Å². The van der Waals surface area contributed by atoms with Crippen molar-refractivity contribution in [1.82, 2.24) is 4.90 Å². The Bertz CT molecular complexity index is 164. The normalized spacial score (nSPS) is 42.3. The van der Waals surface area contributed by atoms with Crippen LogP contribution in [0.4, 0.5) is 0 Å². The molecule has 0 aromatic carbocycles. The van der Waals surface area contributed by atoms with Gasteiger partial charge >= 0.3 is 0 Å². The third-order valence-corrected chi connectivity index (χ3v) is 4.11. The summed E-state index contributed by atoms with van der Waals surface area (Å²) in [5, 5.41) is 0. The SMILES string of the molecule is CN1C(C)(C)C1(C)C(C)(C)C. The number of nitrogens with zero attached hydrogens (tertiary/aromatic N) is 1. The second-order valence-corrected chi connectivity index (χ2v) is 5.44. The number of hydrogen-bond acceptors (Lipinski definition) is 1. The van der Waals surface area contributed by atoms with Crippen LogP contribution in [-0.2, 0) is 0 Å². The highest BCUT2D eigenvalue weighted by Crippen LogP contribution is 2.58. The van der Waals surface area contributed by atoms with Crippen molar-refractivity contribution >= 4 is 0 Å².